The van der Waals surface area contributed by atoms with Crippen molar-refractivity contribution in [3.63, 3.8) is 0 Å². The summed E-state index contributed by atoms with van der Waals surface area (Å²) in [6.45, 7) is 1.04. The first kappa shape index (κ1) is 13.9. The summed E-state index contributed by atoms with van der Waals surface area (Å²) in [5.41, 5.74) is 5.62. The molecule has 1 saturated carbocycles. The lowest BCUT2D eigenvalue weighted by Crippen LogP contribution is -2.47. The second kappa shape index (κ2) is 5.25. The van der Waals surface area contributed by atoms with Crippen molar-refractivity contribution in [2.45, 2.75) is 19.3 Å². The van der Waals surface area contributed by atoms with E-state index in [1.165, 1.54) is 11.0 Å². The van der Waals surface area contributed by atoms with Crippen molar-refractivity contribution in [2.75, 3.05) is 20.1 Å². The molecule has 1 aromatic carbocycles. The molecule has 0 aliphatic heterocycles. The maximum Gasteiger partial charge on any atom is 0.256 e. The largest absolute Gasteiger partial charge is 0.341 e. The molecule has 0 spiro atoms. The van der Waals surface area contributed by atoms with Gasteiger partial charge in [-0.3, -0.25) is 4.79 Å². The second-order valence-corrected chi connectivity index (χ2v) is 5.34. The molecule has 1 amide bonds. The normalized spacial score (nSPS) is 16.8. The van der Waals surface area contributed by atoms with Crippen molar-refractivity contribution in [1.82, 2.24) is 4.90 Å². The van der Waals surface area contributed by atoms with Gasteiger partial charge in [0.15, 0.2) is 0 Å². The topological polar surface area (TPSA) is 46.3 Å². The van der Waals surface area contributed by atoms with Crippen LogP contribution in [0.15, 0.2) is 18.2 Å². The minimum absolute atomic E-state index is 0.0269. The quantitative estimate of drug-likeness (QED) is 0.909. The molecule has 0 atom stereocenters. The zero-order valence-electron chi connectivity index (χ0n) is 11.0. The third kappa shape index (κ3) is 2.76. The van der Waals surface area contributed by atoms with Crippen molar-refractivity contribution in [3.05, 3.63) is 35.4 Å². The molecule has 0 unspecified atom stereocenters. The highest BCUT2D eigenvalue weighted by atomic mass is 19.1. The molecule has 0 saturated heterocycles. The molecule has 1 aliphatic rings. The highest BCUT2D eigenvalue weighted by Crippen LogP contribution is 2.40. The summed E-state index contributed by atoms with van der Waals surface area (Å²) >= 11 is 0. The SMILES string of the molecule is CN(CC1(CN)CCC1)C(=O)c1ccc(F)cc1F. The molecule has 19 heavy (non-hydrogen) atoms. The third-order valence-electron chi connectivity index (χ3n) is 3.93. The van der Waals surface area contributed by atoms with Gasteiger partial charge in [0.25, 0.3) is 5.91 Å². The summed E-state index contributed by atoms with van der Waals surface area (Å²) in [6.07, 6.45) is 3.10. The van der Waals surface area contributed by atoms with Gasteiger partial charge in [0, 0.05) is 25.1 Å². The molecule has 1 aromatic rings. The zero-order valence-corrected chi connectivity index (χ0v) is 11.0. The van der Waals surface area contributed by atoms with Crippen LogP contribution < -0.4 is 5.73 Å². The van der Waals surface area contributed by atoms with Crippen LogP contribution in [-0.4, -0.2) is 30.9 Å². The summed E-state index contributed by atoms with van der Waals surface area (Å²) in [5.74, 6) is -1.95. The fourth-order valence-electron chi connectivity index (χ4n) is 2.55. The molecular weight excluding hydrogens is 250 g/mol. The summed E-state index contributed by atoms with van der Waals surface area (Å²) in [6, 6.07) is 2.99. The van der Waals surface area contributed by atoms with Gasteiger partial charge in [0.05, 0.1) is 5.56 Å². The van der Waals surface area contributed by atoms with E-state index in [0.717, 1.165) is 31.4 Å². The van der Waals surface area contributed by atoms with Crippen molar-refractivity contribution < 1.29 is 13.6 Å². The third-order valence-corrected chi connectivity index (χ3v) is 3.93. The molecule has 3 nitrogen and oxygen atoms in total. The summed E-state index contributed by atoms with van der Waals surface area (Å²) in [7, 11) is 1.63. The monoisotopic (exact) mass is 268 g/mol. The average Bonchev–Trinajstić information content (AvgIpc) is 2.33. The summed E-state index contributed by atoms with van der Waals surface area (Å²) < 4.78 is 26.4. The molecule has 0 aromatic heterocycles. The average molecular weight is 268 g/mol. The molecule has 1 fully saturated rings. The number of nitrogens with two attached hydrogens (primary N) is 1. The van der Waals surface area contributed by atoms with E-state index in [1.54, 1.807) is 7.05 Å². The first-order chi connectivity index (χ1) is 8.97. The molecule has 5 heteroatoms. The van der Waals surface area contributed by atoms with Gasteiger partial charge in [-0.1, -0.05) is 6.42 Å². The van der Waals surface area contributed by atoms with E-state index < -0.39 is 17.5 Å². The molecule has 0 radical (unpaired) electrons. The van der Waals surface area contributed by atoms with E-state index in [0.29, 0.717) is 13.1 Å². The van der Waals surface area contributed by atoms with Gasteiger partial charge in [-0.2, -0.15) is 0 Å². The van der Waals surface area contributed by atoms with Gasteiger partial charge >= 0.3 is 0 Å². The fraction of sp³-hybridized carbons (Fsp3) is 0.500. The molecule has 0 heterocycles. The van der Waals surface area contributed by atoms with Crippen LogP contribution >= 0.6 is 0 Å². The lowest BCUT2D eigenvalue weighted by molar-refractivity contribution is 0.0564. The number of benzene rings is 1. The highest BCUT2D eigenvalue weighted by Gasteiger charge is 2.37. The smallest absolute Gasteiger partial charge is 0.256 e. The number of halogens is 2. The van der Waals surface area contributed by atoms with Gasteiger partial charge in [0.1, 0.15) is 11.6 Å². The Kier molecular flexibility index (Phi) is 3.85. The maximum atomic E-state index is 13.6. The zero-order chi connectivity index (χ0) is 14.0. The number of carbonyl (C=O) groups excluding carboxylic acids is 1. The number of hydrogen-bond acceptors (Lipinski definition) is 2. The fourth-order valence-corrected chi connectivity index (χ4v) is 2.55. The Morgan fingerprint density at radius 2 is 2.11 bits per heavy atom. The van der Waals surface area contributed by atoms with E-state index in [1.807, 2.05) is 0 Å². The van der Waals surface area contributed by atoms with Gasteiger partial charge in [-0.15, -0.1) is 0 Å². The van der Waals surface area contributed by atoms with E-state index in [-0.39, 0.29) is 11.0 Å². The van der Waals surface area contributed by atoms with Gasteiger partial charge in [-0.05, 0) is 31.5 Å². The molecule has 2 rings (SSSR count). The summed E-state index contributed by atoms with van der Waals surface area (Å²) in [5, 5.41) is 0. The van der Waals surface area contributed by atoms with Crippen LogP contribution in [0.1, 0.15) is 29.6 Å². The number of amides is 1. The highest BCUT2D eigenvalue weighted by molar-refractivity contribution is 5.94. The first-order valence-electron chi connectivity index (χ1n) is 6.38. The Hall–Kier alpha value is -1.49. The minimum Gasteiger partial charge on any atom is -0.341 e. The van der Waals surface area contributed by atoms with Gasteiger partial charge in [-0.25, -0.2) is 8.78 Å². The maximum absolute atomic E-state index is 13.6. The van der Waals surface area contributed by atoms with Crippen LogP contribution in [0.5, 0.6) is 0 Å². The number of carbonyl (C=O) groups is 1. The van der Waals surface area contributed by atoms with Gasteiger partial charge in [0.2, 0.25) is 0 Å². The van der Waals surface area contributed by atoms with Crippen LogP contribution in [0.25, 0.3) is 0 Å². The van der Waals surface area contributed by atoms with Gasteiger partial charge < -0.3 is 10.6 Å². The van der Waals surface area contributed by atoms with Crippen LogP contribution in [-0.2, 0) is 0 Å². The van der Waals surface area contributed by atoms with Crippen LogP contribution in [0.3, 0.4) is 0 Å². The Labute approximate surface area is 111 Å². The Bertz CT molecular complexity index is 481. The molecule has 1 aliphatic carbocycles. The van der Waals surface area contributed by atoms with Crippen molar-refractivity contribution in [1.29, 1.82) is 0 Å². The Morgan fingerprint density at radius 3 is 2.58 bits per heavy atom. The van der Waals surface area contributed by atoms with E-state index in [9.17, 15) is 13.6 Å². The van der Waals surface area contributed by atoms with Crippen LogP contribution in [0.4, 0.5) is 8.78 Å². The molecular formula is C14H18F2N2O. The lowest BCUT2D eigenvalue weighted by Gasteiger charge is -2.43. The standard InChI is InChI=1S/C14H18F2N2O/c1-18(9-14(8-17)5-2-6-14)13(19)11-4-3-10(15)7-12(11)16/h3-4,7H,2,5-6,8-9,17H2,1H3. The predicted molar refractivity (Wildman–Crippen MR) is 68.7 cm³/mol. The van der Waals surface area contributed by atoms with E-state index >= 15 is 0 Å². The number of rotatable bonds is 4. The number of nitrogens with zero attached hydrogens (tertiary/aromatic N) is 1. The van der Waals surface area contributed by atoms with Crippen LogP contribution in [0.2, 0.25) is 0 Å². The number of hydrogen-bond donors (Lipinski definition) is 1. The predicted octanol–water partition coefficient (Wildman–Crippen LogP) is 2.17. The molecule has 104 valence electrons. The lowest BCUT2D eigenvalue weighted by atomic mass is 9.68. The van der Waals surface area contributed by atoms with Crippen molar-refractivity contribution in [2.24, 2.45) is 11.1 Å². The van der Waals surface area contributed by atoms with E-state index in [2.05, 4.69) is 0 Å². The van der Waals surface area contributed by atoms with Crippen LogP contribution in [0, 0.1) is 17.0 Å². The second-order valence-electron chi connectivity index (χ2n) is 5.34. The Balaban J connectivity index is 2.10. The summed E-state index contributed by atoms with van der Waals surface area (Å²) in [4.78, 5) is 13.6. The minimum atomic E-state index is -0.827. The first-order valence-corrected chi connectivity index (χ1v) is 6.38. The van der Waals surface area contributed by atoms with Crippen molar-refractivity contribution >= 4 is 5.91 Å². The molecule has 2 N–H and O–H groups in total. The Morgan fingerprint density at radius 1 is 1.42 bits per heavy atom. The molecule has 0 bridgehead atoms. The van der Waals surface area contributed by atoms with Crippen molar-refractivity contribution in [3.8, 4) is 0 Å². The van der Waals surface area contributed by atoms with E-state index in [4.69, 9.17) is 5.73 Å².